The maximum Gasteiger partial charge on any atom is 0.254 e. The van der Waals surface area contributed by atoms with Crippen molar-refractivity contribution in [1.82, 2.24) is 15.1 Å². The lowest BCUT2D eigenvalue weighted by molar-refractivity contribution is 0.0945. The van der Waals surface area contributed by atoms with Crippen LogP contribution in [0, 0.1) is 6.92 Å². The predicted octanol–water partition coefficient (Wildman–Crippen LogP) is 2.41. The van der Waals surface area contributed by atoms with Gasteiger partial charge in [0.2, 0.25) is 0 Å². The Morgan fingerprint density at radius 3 is 2.81 bits per heavy atom. The lowest BCUT2D eigenvalue weighted by atomic mass is 10.1. The molecule has 0 unspecified atom stereocenters. The molecule has 0 spiro atoms. The number of nitrogens with zero attached hydrogens (tertiary/aromatic N) is 2. The number of hydrogen-bond acceptors (Lipinski definition) is 3. The van der Waals surface area contributed by atoms with Crippen LogP contribution in [0.3, 0.4) is 0 Å². The summed E-state index contributed by atoms with van der Waals surface area (Å²) in [6.07, 6.45) is 1.58. The molecule has 0 saturated heterocycles. The molecule has 0 atom stereocenters. The lowest BCUT2D eigenvalue weighted by Gasteiger charge is -2.18. The van der Waals surface area contributed by atoms with Gasteiger partial charge in [-0.2, -0.15) is 5.10 Å². The van der Waals surface area contributed by atoms with E-state index >= 15 is 0 Å². The molecule has 112 valence electrons. The van der Waals surface area contributed by atoms with Gasteiger partial charge in [0.1, 0.15) is 0 Å². The summed E-state index contributed by atoms with van der Waals surface area (Å²) in [6.45, 7) is 6.01. The van der Waals surface area contributed by atoms with Crippen LogP contribution in [-0.2, 0) is 0 Å². The Kier molecular flexibility index (Phi) is 4.49. The van der Waals surface area contributed by atoms with Crippen LogP contribution in [0.4, 0.5) is 0 Å². The molecule has 6 heteroatoms. The van der Waals surface area contributed by atoms with Gasteiger partial charge in [-0.1, -0.05) is 22.0 Å². The third-order valence-corrected chi connectivity index (χ3v) is 3.51. The van der Waals surface area contributed by atoms with E-state index in [1.54, 1.807) is 10.9 Å². The highest BCUT2D eigenvalue weighted by Gasteiger charge is 2.18. The highest BCUT2D eigenvalue weighted by Crippen LogP contribution is 2.18. The van der Waals surface area contributed by atoms with Crippen molar-refractivity contribution in [3.63, 3.8) is 0 Å². The fourth-order valence-corrected chi connectivity index (χ4v) is 2.29. The lowest BCUT2D eigenvalue weighted by Crippen LogP contribution is -2.45. The van der Waals surface area contributed by atoms with Crippen LogP contribution in [-0.4, -0.2) is 27.8 Å². The molecule has 0 aliphatic carbocycles. The molecule has 5 nitrogen and oxygen atoms in total. The first-order valence-electron chi connectivity index (χ1n) is 6.65. The molecule has 1 heterocycles. The average Bonchev–Trinajstić information content (AvgIpc) is 2.77. The summed E-state index contributed by atoms with van der Waals surface area (Å²) in [5, 5.41) is 7.13. The molecule has 0 fully saturated rings. The van der Waals surface area contributed by atoms with E-state index in [1.807, 2.05) is 45.0 Å². The van der Waals surface area contributed by atoms with Crippen molar-refractivity contribution in [3.05, 3.63) is 46.2 Å². The zero-order chi connectivity index (χ0) is 15.6. The number of nitrogens with two attached hydrogens (primary N) is 1. The van der Waals surface area contributed by atoms with Crippen LogP contribution in [0.15, 0.2) is 34.9 Å². The van der Waals surface area contributed by atoms with E-state index in [0.29, 0.717) is 12.1 Å². The normalized spacial score (nSPS) is 11.5. The second kappa shape index (κ2) is 5.99. The number of hydrogen-bond donors (Lipinski definition) is 2. The zero-order valence-corrected chi connectivity index (χ0v) is 13.9. The van der Waals surface area contributed by atoms with Crippen LogP contribution in [0.2, 0.25) is 0 Å². The Labute approximate surface area is 132 Å². The van der Waals surface area contributed by atoms with Crippen LogP contribution >= 0.6 is 15.9 Å². The third kappa shape index (κ3) is 3.92. The number of halogens is 1. The van der Waals surface area contributed by atoms with Gasteiger partial charge < -0.3 is 11.1 Å². The molecular formula is C15H19BrN4O. The maximum absolute atomic E-state index is 12.2. The number of benzene rings is 1. The smallest absolute Gasteiger partial charge is 0.254 e. The van der Waals surface area contributed by atoms with E-state index in [1.165, 1.54) is 0 Å². The number of nitrogens with one attached hydrogen (secondary N) is 1. The Balaban J connectivity index is 2.23. The Morgan fingerprint density at radius 2 is 2.19 bits per heavy atom. The SMILES string of the molecule is Cc1c(C(=O)NCC(C)(C)N)cnn1-c1cccc(Br)c1. The topological polar surface area (TPSA) is 72.9 Å². The van der Waals surface area contributed by atoms with Crippen molar-refractivity contribution in [1.29, 1.82) is 0 Å². The highest BCUT2D eigenvalue weighted by atomic mass is 79.9. The molecule has 0 aliphatic rings. The summed E-state index contributed by atoms with van der Waals surface area (Å²) in [5.74, 6) is -0.160. The van der Waals surface area contributed by atoms with E-state index in [-0.39, 0.29) is 5.91 Å². The van der Waals surface area contributed by atoms with Crippen molar-refractivity contribution >= 4 is 21.8 Å². The summed E-state index contributed by atoms with van der Waals surface area (Å²) in [5.41, 5.74) is 7.68. The first-order valence-corrected chi connectivity index (χ1v) is 7.45. The van der Waals surface area contributed by atoms with Crippen LogP contribution in [0.25, 0.3) is 5.69 Å². The number of amides is 1. The van der Waals surface area contributed by atoms with Crippen LogP contribution in [0.5, 0.6) is 0 Å². The Bertz CT molecular complexity index is 658. The molecule has 1 aromatic heterocycles. The van der Waals surface area contributed by atoms with Crippen LogP contribution < -0.4 is 11.1 Å². The van der Waals surface area contributed by atoms with Gasteiger partial charge in [-0.3, -0.25) is 4.79 Å². The molecule has 0 saturated carbocycles. The second-order valence-electron chi connectivity index (χ2n) is 5.71. The van der Waals surface area contributed by atoms with Gasteiger partial charge >= 0.3 is 0 Å². The van der Waals surface area contributed by atoms with Crippen molar-refractivity contribution < 1.29 is 4.79 Å². The zero-order valence-electron chi connectivity index (χ0n) is 12.4. The summed E-state index contributed by atoms with van der Waals surface area (Å²) in [4.78, 5) is 12.2. The Morgan fingerprint density at radius 1 is 1.48 bits per heavy atom. The van der Waals surface area contributed by atoms with Gasteiger partial charge in [-0.25, -0.2) is 4.68 Å². The highest BCUT2D eigenvalue weighted by molar-refractivity contribution is 9.10. The average molecular weight is 351 g/mol. The fraction of sp³-hybridized carbons (Fsp3) is 0.333. The largest absolute Gasteiger partial charge is 0.350 e. The van der Waals surface area contributed by atoms with E-state index in [0.717, 1.165) is 15.9 Å². The summed E-state index contributed by atoms with van der Waals surface area (Å²) in [6, 6.07) is 7.76. The molecule has 0 aliphatic heterocycles. The summed E-state index contributed by atoms with van der Waals surface area (Å²) >= 11 is 3.43. The molecule has 21 heavy (non-hydrogen) atoms. The first-order chi connectivity index (χ1) is 9.78. The number of rotatable bonds is 4. The van der Waals surface area contributed by atoms with Crippen molar-refractivity contribution in [2.45, 2.75) is 26.3 Å². The van der Waals surface area contributed by atoms with E-state index < -0.39 is 5.54 Å². The minimum Gasteiger partial charge on any atom is -0.350 e. The number of aromatic nitrogens is 2. The number of carbonyl (C=O) groups excluding carboxylic acids is 1. The monoisotopic (exact) mass is 350 g/mol. The summed E-state index contributed by atoms with van der Waals surface area (Å²) < 4.78 is 2.71. The van der Waals surface area contributed by atoms with Gasteiger partial charge in [-0.15, -0.1) is 0 Å². The van der Waals surface area contributed by atoms with E-state index in [4.69, 9.17) is 5.73 Å². The molecule has 2 aromatic rings. The third-order valence-electron chi connectivity index (χ3n) is 3.01. The maximum atomic E-state index is 12.2. The standard InChI is InChI=1S/C15H19BrN4O/c1-10-13(14(21)18-9-15(2,3)17)8-19-20(10)12-6-4-5-11(16)7-12/h4-8H,9,17H2,1-3H3,(H,18,21). The predicted molar refractivity (Wildman–Crippen MR) is 86.6 cm³/mol. The first kappa shape index (κ1) is 15.7. The molecule has 3 N–H and O–H groups in total. The van der Waals surface area contributed by atoms with Crippen molar-refractivity contribution in [2.75, 3.05) is 6.54 Å². The second-order valence-corrected chi connectivity index (χ2v) is 6.62. The van der Waals surface area contributed by atoms with Gasteiger partial charge in [0, 0.05) is 16.6 Å². The minimum absolute atomic E-state index is 0.160. The molecular weight excluding hydrogens is 332 g/mol. The van der Waals surface area contributed by atoms with Crippen molar-refractivity contribution in [3.8, 4) is 5.69 Å². The fourth-order valence-electron chi connectivity index (χ4n) is 1.90. The molecule has 2 rings (SSSR count). The molecule has 0 radical (unpaired) electrons. The molecule has 1 amide bonds. The number of carbonyl (C=O) groups is 1. The van der Waals surface area contributed by atoms with E-state index in [2.05, 4.69) is 26.3 Å². The van der Waals surface area contributed by atoms with Crippen molar-refractivity contribution in [2.24, 2.45) is 5.73 Å². The minimum atomic E-state index is -0.441. The summed E-state index contributed by atoms with van der Waals surface area (Å²) in [7, 11) is 0. The van der Waals surface area contributed by atoms with Crippen LogP contribution in [0.1, 0.15) is 29.9 Å². The van der Waals surface area contributed by atoms with Gasteiger partial charge in [0.15, 0.2) is 0 Å². The molecule has 1 aromatic carbocycles. The van der Waals surface area contributed by atoms with E-state index in [9.17, 15) is 4.79 Å². The molecule has 0 bridgehead atoms. The van der Waals surface area contributed by atoms with Gasteiger partial charge in [0.25, 0.3) is 5.91 Å². The Hall–Kier alpha value is -1.66. The van der Waals surface area contributed by atoms with Gasteiger partial charge in [-0.05, 0) is 39.0 Å². The quantitative estimate of drug-likeness (QED) is 0.889. The van der Waals surface area contributed by atoms with Gasteiger partial charge in [0.05, 0.1) is 23.1 Å².